The molecule has 2 aromatic rings. The van der Waals surface area contributed by atoms with E-state index in [4.69, 9.17) is 0 Å². The second-order valence-corrected chi connectivity index (χ2v) is 6.44. The first-order valence-corrected chi connectivity index (χ1v) is 8.55. The zero-order valence-electron chi connectivity index (χ0n) is 13.5. The van der Waals surface area contributed by atoms with Gasteiger partial charge in [0.1, 0.15) is 5.82 Å². The molecule has 4 rings (SSSR count). The van der Waals surface area contributed by atoms with Gasteiger partial charge in [-0.1, -0.05) is 31.2 Å². The molecule has 0 bridgehead atoms. The van der Waals surface area contributed by atoms with Gasteiger partial charge in [0.15, 0.2) is 5.82 Å². The number of aryl methyl sites for hydroxylation is 2. The second kappa shape index (κ2) is 5.80. The van der Waals surface area contributed by atoms with Gasteiger partial charge in [-0.25, -0.2) is 0 Å². The van der Waals surface area contributed by atoms with Gasteiger partial charge in [0, 0.05) is 19.5 Å². The lowest BCUT2D eigenvalue weighted by atomic mass is 9.82. The van der Waals surface area contributed by atoms with Crippen LogP contribution in [0.25, 0.3) is 0 Å². The zero-order valence-corrected chi connectivity index (χ0v) is 13.5. The molecule has 120 valence electrons. The molecule has 0 radical (unpaired) electrons. The van der Waals surface area contributed by atoms with E-state index in [1.54, 1.807) is 0 Å². The van der Waals surface area contributed by atoms with Crippen molar-refractivity contribution in [3.8, 4) is 0 Å². The van der Waals surface area contributed by atoms with E-state index in [1.165, 1.54) is 11.1 Å². The third-order valence-corrected chi connectivity index (χ3v) is 5.13. The van der Waals surface area contributed by atoms with Crippen molar-refractivity contribution in [3.63, 3.8) is 0 Å². The Morgan fingerprint density at radius 1 is 1.26 bits per heavy atom. The molecule has 0 saturated carbocycles. The minimum atomic E-state index is 0.0140. The summed E-state index contributed by atoms with van der Waals surface area (Å²) < 4.78 is 2.17. The number of nitrogens with zero attached hydrogens (tertiary/aromatic N) is 4. The average molecular weight is 310 g/mol. The largest absolute Gasteiger partial charge is 0.333 e. The van der Waals surface area contributed by atoms with Crippen LogP contribution in [0.15, 0.2) is 24.3 Å². The molecule has 0 saturated heterocycles. The fourth-order valence-electron chi connectivity index (χ4n) is 3.90. The molecule has 0 N–H and O–H groups in total. The van der Waals surface area contributed by atoms with E-state index in [0.29, 0.717) is 6.54 Å². The summed E-state index contributed by atoms with van der Waals surface area (Å²) in [5.41, 5.74) is 2.57. The van der Waals surface area contributed by atoms with Crippen LogP contribution in [0.2, 0.25) is 0 Å². The van der Waals surface area contributed by atoms with E-state index >= 15 is 0 Å². The summed E-state index contributed by atoms with van der Waals surface area (Å²) in [5.74, 6) is 2.21. The SMILES string of the molecule is CCc1nnc2n1CCN(C(=O)[C@H]1CCCc3ccccc31)C2. The van der Waals surface area contributed by atoms with Gasteiger partial charge in [-0.2, -0.15) is 0 Å². The molecule has 23 heavy (non-hydrogen) atoms. The first-order valence-electron chi connectivity index (χ1n) is 8.55. The summed E-state index contributed by atoms with van der Waals surface area (Å²) >= 11 is 0. The lowest BCUT2D eigenvalue weighted by Crippen LogP contribution is -2.42. The quantitative estimate of drug-likeness (QED) is 0.855. The van der Waals surface area contributed by atoms with Gasteiger partial charge in [0.2, 0.25) is 5.91 Å². The number of fused-ring (bicyclic) bond motifs is 2. The number of hydrogen-bond donors (Lipinski definition) is 0. The van der Waals surface area contributed by atoms with Crippen molar-refractivity contribution in [2.24, 2.45) is 0 Å². The van der Waals surface area contributed by atoms with Crippen LogP contribution < -0.4 is 0 Å². The molecular formula is C18H22N4O. The number of hydrogen-bond acceptors (Lipinski definition) is 3. The van der Waals surface area contributed by atoms with E-state index in [-0.39, 0.29) is 11.8 Å². The van der Waals surface area contributed by atoms with Crippen LogP contribution in [0.5, 0.6) is 0 Å². The molecule has 1 aromatic carbocycles. The molecule has 5 heteroatoms. The third kappa shape index (κ3) is 2.44. The monoisotopic (exact) mass is 310 g/mol. The molecule has 1 aromatic heterocycles. The van der Waals surface area contributed by atoms with Crippen LogP contribution in [0, 0.1) is 0 Å². The summed E-state index contributed by atoms with van der Waals surface area (Å²) in [5, 5.41) is 8.50. The Hall–Kier alpha value is -2.17. The normalized spacial score (nSPS) is 20.0. The van der Waals surface area contributed by atoms with Crippen molar-refractivity contribution in [3.05, 3.63) is 47.0 Å². The summed E-state index contributed by atoms with van der Waals surface area (Å²) in [6, 6.07) is 8.40. The van der Waals surface area contributed by atoms with Gasteiger partial charge in [-0.15, -0.1) is 10.2 Å². The molecule has 1 amide bonds. The number of benzene rings is 1. The van der Waals surface area contributed by atoms with E-state index in [2.05, 4.69) is 39.9 Å². The Morgan fingerprint density at radius 3 is 3.00 bits per heavy atom. The zero-order chi connectivity index (χ0) is 15.8. The van der Waals surface area contributed by atoms with Gasteiger partial charge < -0.3 is 9.47 Å². The smallest absolute Gasteiger partial charge is 0.230 e. The van der Waals surface area contributed by atoms with Gasteiger partial charge in [-0.05, 0) is 30.4 Å². The molecule has 5 nitrogen and oxygen atoms in total. The van der Waals surface area contributed by atoms with Gasteiger partial charge >= 0.3 is 0 Å². The Morgan fingerprint density at radius 2 is 2.13 bits per heavy atom. The maximum atomic E-state index is 13.1. The molecule has 2 aliphatic rings. The molecule has 0 spiro atoms. The van der Waals surface area contributed by atoms with Crippen molar-refractivity contribution in [1.82, 2.24) is 19.7 Å². The first kappa shape index (κ1) is 14.4. The predicted molar refractivity (Wildman–Crippen MR) is 86.9 cm³/mol. The van der Waals surface area contributed by atoms with Crippen molar-refractivity contribution in [2.75, 3.05) is 6.54 Å². The van der Waals surface area contributed by atoms with Crippen LogP contribution >= 0.6 is 0 Å². The van der Waals surface area contributed by atoms with Crippen LogP contribution in [0.4, 0.5) is 0 Å². The minimum absolute atomic E-state index is 0.0140. The van der Waals surface area contributed by atoms with Gasteiger partial charge in [0.25, 0.3) is 0 Å². The summed E-state index contributed by atoms with van der Waals surface area (Å²) in [4.78, 5) is 15.0. The van der Waals surface area contributed by atoms with Gasteiger partial charge in [-0.3, -0.25) is 4.79 Å². The highest BCUT2D eigenvalue weighted by Crippen LogP contribution is 2.33. The fraction of sp³-hybridized carbons (Fsp3) is 0.500. The van der Waals surface area contributed by atoms with Crippen LogP contribution in [0.1, 0.15) is 48.5 Å². The number of carbonyl (C=O) groups is 1. The maximum absolute atomic E-state index is 13.1. The topological polar surface area (TPSA) is 51.0 Å². The van der Waals surface area contributed by atoms with E-state index in [0.717, 1.165) is 50.4 Å². The lowest BCUT2D eigenvalue weighted by molar-refractivity contribution is -0.134. The molecule has 1 atom stereocenters. The lowest BCUT2D eigenvalue weighted by Gasteiger charge is -2.33. The minimum Gasteiger partial charge on any atom is -0.333 e. The Labute approximate surface area is 136 Å². The predicted octanol–water partition coefficient (Wildman–Crippen LogP) is 2.30. The summed E-state index contributed by atoms with van der Waals surface area (Å²) in [7, 11) is 0. The van der Waals surface area contributed by atoms with Crippen molar-refractivity contribution in [1.29, 1.82) is 0 Å². The van der Waals surface area contributed by atoms with Crippen molar-refractivity contribution in [2.45, 2.75) is 51.6 Å². The maximum Gasteiger partial charge on any atom is 0.230 e. The molecule has 2 heterocycles. The van der Waals surface area contributed by atoms with E-state index in [9.17, 15) is 4.79 Å². The molecule has 1 aliphatic carbocycles. The standard InChI is InChI=1S/C18H22N4O/c1-2-16-19-20-17-12-21(10-11-22(16)17)18(23)15-9-5-7-13-6-3-4-8-14(13)15/h3-4,6,8,15H,2,5,7,9-12H2,1H3/t15-/m0/s1. The summed E-state index contributed by atoms with van der Waals surface area (Å²) in [6.45, 7) is 4.25. The number of amides is 1. The number of aromatic nitrogens is 3. The highest BCUT2D eigenvalue weighted by Gasteiger charge is 2.32. The van der Waals surface area contributed by atoms with Crippen molar-refractivity contribution < 1.29 is 4.79 Å². The van der Waals surface area contributed by atoms with Gasteiger partial charge in [0.05, 0.1) is 12.5 Å². The fourth-order valence-corrected chi connectivity index (χ4v) is 3.90. The number of rotatable bonds is 2. The molecule has 0 unspecified atom stereocenters. The Balaban J connectivity index is 1.57. The highest BCUT2D eigenvalue weighted by atomic mass is 16.2. The Kier molecular flexibility index (Phi) is 3.63. The first-order chi connectivity index (χ1) is 11.3. The molecule has 1 aliphatic heterocycles. The third-order valence-electron chi connectivity index (χ3n) is 5.13. The van der Waals surface area contributed by atoms with Crippen molar-refractivity contribution >= 4 is 5.91 Å². The highest BCUT2D eigenvalue weighted by molar-refractivity contribution is 5.84. The molecular weight excluding hydrogens is 288 g/mol. The average Bonchev–Trinajstić information content (AvgIpc) is 3.03. The number of carbonyl (C=O) groups excluding carboxylic acids is 1. The van der Waals surface area contributed by atoms with Crippen LogP contribution in [0.3, 0.4) is 0 Å². The summed E-state index contributed by atoms with van der Waals surface area (Å²) in [6.07, 6.45) is 4.03. The Bertz CT molecular complexity index is 736. The van der Waals surface area contributed by atoms with Crippen LogP contribution in [-0.4, -0.2) is 32.1 Å². The van der Waals surface area contributed by atoms with Crippen LogP contribution in [-0.2, 0) is 30.7 Å². The molecule has 0 fully saturated rings. The van der Waals surface area contributed by atoms with E-state index < -0.39 is 0 Å². The second-order valence-electron chi connectivity index (χ2n) is 6.44. The van der Waals surface area contributed by atoms with E-state index in [1.807, 2.05) is 11.0 Å².